The molecule has 9 heteroatoms. The van der Waals surface area contributed by atoms with Crippen LogP contribution in [0.25, 0.3) is 5.65 Å². The summed E-state index contributed by atoms with van der Waals surface area (Å²) in [6.45, 7) is 3.90. The second-order valence-corrected chi connectivity index (χ2v) is 6.58. The molecule has 2 atom stereocenters. The molecule has 4 rings (SSSR count). The van der Waals surface area contributed by atoms with Crippen LogP contribution in [0.15, 0.2) is 35.3 Å². The molecule has 3 heterocycles. The fourth-order valence-corrected chi connectivity index (χ4v) is 3.15. The average Bonchev–Trinajstić information content (AvgIpc) is 3.05. The minimum absolute atomic E-state index is 0.249. The highest BCUT2D eigenvalue weighted by Crippen LogP contribution is 2.29. The van der Waals surface area contributed by atoms with E-state index in [-0.39, 0.29) is 36.0 Å². The summed E-state index contributed by atoms with van der Waals surface area (Å²) in [5.41, 5.74) is 0.909. The molecule has 0 fully saturated rings. The van der Waals surface area contributed by atoms with E-state index in [4.69, 9.17) is 4.74 Å². The third-order valence-electron chi connectivity index (χ3n) is 4.49. The number of amides is 1. The number of nitrogens with one attached hydrogen (secondary N) is 4. The molecule has 0 unspecified atom stereocenters. The lowest BCUT2D eigenvalue weighted by Gasteiger charge is -2.20. The lowest BCUT2D eigenvalue weighted by atomic mass is 10.1. The van der Waals surface area contributed by atoms with Crippen molar-refractivity contribution in [2.75, 3.05) is 11.9 Å². The summed E-state index contributed by atoms with van der Waals surface area (Å²) in [6, 6.07) is 5.29. The first-order valence-electron chi connectivity index (χ1n) is 8.59. The van der Waals surface area contributed by atoms with Gasteiger partial charge in [-0.25, -0.2) is 19.3 Å². The van der Waals surface area contributed by atoms with Crippen molar-refractivity contribution < 1.29 is 18.9 Å². The number of carbonyl (C=O) groups is 1. The molecule has 2 aromatic heterocycles. The Kier molecular flexibility index (Phi) is 4.06. The van der Waals surface area contributed by atoms with Gasteiger partial charge >= 0.3 is 5.56 Å². The number of H-pyrrole nitrogens is 2. The van der Waals surface area contributed by atoms with E-state index in [1.54, 1.807) is 6.07 Å². The number of halogens is 1. The predicted octanol–water partition coefficient (Wildman–Crippen LogP) is 1.26. The van der Waals surface area contributed by atoms with Gasteiger partial charge in [-0.1, -0.05) is 0 Å². The van der Waals surface area contributed by atoms with Crippen LogP contribution in [-0.4, -0.2) is 28.2 Å². The van der Waals surface area contributed by atoms with E-state index in [0.717, 1.165) is 0 Å². The molecule has 0 saturated carbocycles. The largest absolute Gasteiger partial charge is 0.488 e. The highest BCUT2D eigenvalue weighted by Gasteiger charge is 2.24. The number of nitrogens with zero attached hydrogens (tertiary/aromatic N) is 1. The van der Waals surface area contributed by atoms with Crippen LogP contribution in [0.2, 0.25) is 0 Å². The number of rotatable bonds is 0. The Morgan fingerprint density at radius 3 is 2.89 bits per heavy atom. The Balaban J connectivity index is 1.86. The molecule has 140 valence electrons. The van der Waals surface area contributed by atoms with Crippen molar-refractivity contribution in [3.05, 3.63) is 57.8 Å². The fourth-order valence-electron chi connectivity index (χ4n) is 3.15. The van der Waals surface area contributed by atoms with Crippen molar-refractivity contribution in [3.8, 4) is 5.75 Å². The second kappa shape index (κ2) is 6.42. The van der Waals surface area contributed by atoms with Gasteiger partial charge in [0.2, 0.25) is 5.82 Å². The van der Waals surface area contributed by atoms with Gasteiger partial charge < -0.3 is 10.1 Å². The Hall–Kier alpha value is -3.36. The Labute approximate surface area is 153 Å². The lowest BCUT2D eigenvalue weighted by Crippen LogP contribution is -2.34. The van der Waals surface area contributed by atoms with E-state index in [1.807, 2.05) is 13.8 Å². The molecule has 2 bridgehead atoms. The van der Waals surface area contributed by atoms with Crippen molar-refractivity contribution in [3.63, 3.8) is 0 Å². The predicted molar refractivity (Wildman–Crippen MR) is 95.4 cm³/mol. The number of fused-ring (bicyclic) bond motifs is 2. The zero-order valence-electron chi connectivity index (χ0n) is 14.8. The van der Waals surface area contributed by atoms with Gasteiger partial charge in [-0.15, -0.1) is 4.52 Å². The molecular weight excluding hydrogens is 353 g/mol. The molecule has 1 aromatic carbocycles. The molecule has 0 spiro atoms. The SMILES string of the molecule is C[C@H]1CNC(=O)c2c[nH]n3c(=O)cc([nH+]c23)N[C@H](C)c2cc(F)ccc2O1. The maximum absolute atomic E-state index is 13.8. The van der Waals surface area contributed by atoms with E-state index < -0.39 is 0 Å². The maximum atomic E-state index is 13.8. The van der Waals surface area contributed by atoms with E-state index >= 15 is 0 Å². The van der Waals surface area contributed by atoms with Crippen molar-refractivity contribution in [2.24, 2.45) is 0 Å². The molecule has 1 aliphatic heterocycles. The van der Waals surface area contributed by atoms with Crippen LogP contribution >= 0.6 is 0 Å². The molecule has 8 nitrogen and oxygen atoms in total. The van der Waals surface area contributed by atoms with Crippen LogP contribution in [0.4, 0.5) is 10.2 Å². The highest BCUT2D eigenvalue weighted by atomic mass is 19.1. The first-order chi connectivity index (χ1) is 12.9. The Morgan fingerprint density at radius 2 is 2.07 bits per heavy atom. The van der Waals surface area contributed by atoms with Gasteiger partial charge in [-0.3, -0.25) is 10.1 Å². The van der Waals surface area contributed by atoms with Crippen molar-refractivity contribution in [1.82, 2.24) is 14.9 Å². The van der Waals surface area contributed by atoms with Crippen molar-refractivity contribution in [2.45, 2.75) is 26.0 Å². The maximum Gasteiger partial charge on any atom is 0.335 e. The summed E-state index contributed by atoms with van der Waals surface area (Å²) >= 11 is 0. The molecule has 0 aliphatic carbocycles. The number of ether oxygens (including phenoxy) is 1. The number of hydrogen-bond donors (Lipinski definition) is 3. The quantitative estimate of drug-likeness (QED) is 0.553. The average molecular weight is 372 g/mol. The van der Waals surface area contributed by atoms with Gasteiger partial charge in [-0.05, 0) is 32.0 Å². The summed E-state index contributed by atoms with van der Waals surface area (Å²) in [7, 11) is 0. The molecular formula is C18H19FN5O3+. The van der Waals surface area contributed by atoms with Crippen LogP contribution in [-0.2, 0) is 0 Å². The summed E-state index contributed by atoms with van der Waals surface area (Å²) in [5, 5.41) is 8.69. The fraction of sp³-hybridized carbons (Fsp3) is 0.278. The zero-order chi connectivity index (χ0) is 19.1. The second-order valence-electron chi connectivity index (χ2n) is 6.58. The Morgan fingerprint density at radius 1 is 1.26 bits per heavy atom. The summed E-state index contributed by atoms with van der Waals surface area (Å²) in [6.07, 6.45) is 1.13. The van der Waals surface area contributed by atoms with Gasteiger partial charge in [0, 0.05) is 5.56 Å². The van der Waals surface area contributed by atoms with E-state index in [1.165, 1.54) is 28.9 Å². The summed E-state index contributed by atoms with van der Waals surface area (Å²) in [4.78, 5) is 27.9. The smallest absolute Gasteiger partial charge is 0.335 e. The minimum atomic E-state index is -0.385. The zero-order valence-corrected chi connectivity index (χ0v) is 14.8. The normalized spacial score (nSPS) is 19.9. The molecule has 27 heavy (non-hydrogen) atoms. The molecule has 3 aromatic rings. The third-order valence-corrected chi connectivity index (χ3v) is 4.49. The van der Waals surface area contributed by atoms with E-state index in [0.29, 0.717) is 28.3 Å². The lowest BCUT2D eigenvalue weighted by molar-refractivity contribution is -0.334. The van der Waals surface area contributed by atoms with E-state index in [9.17, 15) is 14.0 Å². The van der Waals surface area contributed by atoms with E-state index in [2.05, 4.69) is 20.7 Å². The van der Waals surface area contributed by atoms with Crippen LogP contribution < -0.4 is 25.9 Å². The Bertz CT molecular complexity index is 1090. The molecule has 0 saturated heterocycles. The van der Waals surface area contributed by atoms with Crippen LogP contribution in [0.5, 0.6) is 5.75 Å². The first-order valence-corrected chi connectivity index (χ1v) is 8.59. The number of hydrogen-bond acceptors (Lipinski definition) is 4. The van der Waals surface area contributed by atoms with Crippen LogP contribution in [0.1, 0.15) is 35.8 Å². The van der Waals surface area contributed by atoms with Crippen molar-refractivity contribution in [1.29, 1.82) is 0 Å². The van der Waals surface area contributed by atoms with Gasteiger partial charge in [0.05, 0.1) is 24.8 Å². The van der Waals surface area contributed by atoms with Gasteiger partial charge in [0.25, 0.3) is 11.6 Å². The molecule has 0 radical (unpaired) electrons. The number of aromatic amines is 2. The third kappa shape index (κ3) is 3.12. The highest BCUT2D eigenvalue weighted by molar-refractivity contribution is 5.98. The van der Waals surface area contributed by atoms with Crippen molar-refractivity contribution >= 4 is 17.4 Å². The topological polar surface area (TPSA) is 102 Å². The first kappa shape index (κ1) is 17.1. The standard InChI is InChI=1S/C18H18FN5O3/c1-9-7-20-18(26)13-8-21-24-16(25)6-15(23-17(13)24)22-10(2)12-5-11(19)3-4-14(12)27-9/h3-6,8-10,21-22H,7H2,1-2H3,(H,20,26)/p+1/t9-,10+/m0/s1. The number of aromatic nitrogens is 3. The van der Waals surface area contributed by atoms with Crippen LogP contribution in [0.3, 0.4) is 0 Å². The number of benzene rings is 1. The molecule has 1 aliphatic rings. The van der Waals surface area contributed by atoms with Crippen LogP contribution in [0, 0.1) is 5.82 Å². The molecule has 1 amide bonds. The summed E-state index contributed by atoms with van der Waals surface area (Å²) in [5.74, 6) is 0.187. The van der Waals surface area contributed by atoms with Gasteiger partial charge in [0.1, 0.15) is 23.2 Å². The minimum Gasteiger partial charge on any atom is -0.488 e. The summed E-state index contributed by atoms with van der Waals surface area (Å²) < 4.78 is 21.0. The van der Waals surface area contributed by atoms with Gasteiger partial charge in [0.15, 0.2) is 0 Å². The number of anilines is 1. The monoisotopic (exact) mass is 372 g/mol. The number of carbonyl (C=O) groups excluding carboxylic acids is 1. The van der Waals surface area contributed by atoms with Gasteiger partial charge in [-0.2, -0.15) is 0 Å². The molecule has 4 N–H and O–H groups in total.